The molecule has 1 atom stereocenters. The molecule has 5 nitrogen and oxygen atoms in total. The number of hydrogen-bond donors (Lipinski definition) is 1. The van der Waals surface area contributed by atoms with Crippen LogP contribution < -0.4 is 10.5 Å². The zero-order valence-corrected chi connectivity index (χ0v) is 20.2. The number of amides is 1. The molecule has 7 heteroatoms. The molecule has 0 radical (unpaired) electrons. The Morgan fingerprint density at radius 1 is 1.06 bits per heavy atom. The smallest absolute Gasteiger partial charge is 0.229 e. The van der Waals surface area contributed by atoms with Gasteiger partial charge in [-0.25, -0.2) is 0 Å². The first-order valence-electron chi connectivity index (χ1n) is 11.2. The summed E-state index contributed by atoms with van der Waals surface area (Å²) in [4.78, 5) is 17.7. The Kier molecular flexibility index (Phi) is 8.45. The summed E-state index contributed by atoms with van der Waals surface area (Å²) in [5.74, 6) is 1.17. The van der Waals surface area contributed by atoms with E-state index in [2.05, 4.69) is 4.90 Å². The lowest BCUT2D eigenvalue weighted by Crippen LogP contribution is -2.45. The second-order valence-electron chi connectivity index (χ2n) is 8.86. The van der Waals surface area contributed by atoms with Gasteiger partial charge in [-0.15, -0.1) is 12.4 Å². The predicted octanol–water partition coefficient (Wildman–Crippen LogP) is 4.68. The van der Waals surface area contributed by atoms with Gasteiger partial charge in [0.15, 0.2) is 0 Å². The summed E-state index contributed by atoms with van der Waals surface area (Å²) >= 11 is 6.28. The number of hydrogen-bond acceptors (Lipinski definition) is 4. The van der Waals surface area contributed by atoms with Crippen LogP contribution in [0.4, 0.5) is 0 Å². The molecule has 0 aromatic heterocycles. The van der Waals surface area contributed by atoms with Crippen LogP contribution in [0.3, 0.4) is 0 Å². The van der Waals surface area contributed by atoms with E-state index in [0.717, 1.165) is 73.8 Å². The number of rotatable bonds is 7. The van der Waals surface area contributed by atoms with E-state index in [1.807, 2.05) is 53.4 Å². The highest BCUT2D eigenvalue weighted by Crippen LogP contribution is 2.42. The molecule has 2 N–H and O–H groups in total. The van der Waals surface area contributed by atoms with E-state index in [1.165, 1.54) is 0 Å². The average Bonchev–Trinajstić information content (AvgIpc) is 3.09. The summed E-state index contributed by atoms with van der Waals surface area (Å²) in [6, 6.07) is 15.8. The maximum atomic E-state index is 13.3. The van der Waals surface area contributed by atoms with E-state index in [-0.39, 0.29) is 23.9 Å². The lowest BCUT2D eigenvalue weighted by molar-refractivity contribution is -0.138. The molecule has 1 unspecified atom stereocenters. The molecule has 2 heterocycles. The number of nitrogens with zero attached hydrogens (tertiary/aromatic N) is 2. The van der Waals surface area contributed by atoms with Gasteiger partial charge in [-0.1, -0.05) is 41.9 Å². The van der Waals surface area contributed by atoms with Gasteiger partial charge in [0.05, 0.1) is 12.5 Å². The van der Waals surface area contributed by atoms with Crippen molar-refractivity contribution in [1.29, 1.82) is 0 Å². The van der Waals surface area contributed by atoms with Gasteiger partial charge >= 0.3 is 0 Å². The zero-order valence-electron chi connectivity index (χ0n) is 18.6. The maximum Gasteiger partial charge on any atom is 0.229 e. The number of piperidine rings is 1. The van der Waals surface area contributed by atoms with Crippen LogP contribution in [0.2, 0.25) is 5.02 Å². The fraction of sp³-hybridized carbons (Fsp3) is 0.480. The molecule has 1 spiro atoms. The lowest BCUT2D eigenvalue weighted by atomic mass is 9.77. The monoisotopic (exact) mass is 477 g/mol. The molecule has 0 aliphatic carbocycles. The van der Waals surface area contributed by atoms with Crippen molar-refractivity contribution in [3.63, 3.8) is 0 Å². The number of nitrogens with two attached hydrogens (primary N) is 1. The predicted molar refractivity (Wildman–Crippen MR) is 131 cm³/mol. The highest BCUT2D eigenvalue weighted by atomic mass is 35.5. The number of carbonyl (C=O) groups is 1. The maximum absolute atomic E-state index is 13.3. The molecule has 2 aromatic rings. The van der Waals surface area contributed by atoms with Crippen molar-refractivity contribution in [3.8, 4) is 5.75 Å². The molecule has 174 valence electrons. The molecule has 2 aliphatic heterocycles. The molecule has 2 fully saturated rings. The van der Waals surface area contributed by atoms with Crippen molar-refractivity contribution in [2.75, 3.05) is 33.3 Å². The van der Waals surface area contributed by atoms with Crippen LogP contribution in [-0.4, -0.2) is 49.0 Å². The second kappa shape index (κ2) is 10.9. The van der Waals surface area contributed by atoms with Crippen molar-refractivity contribution < 1.29 is 9.53 Å². The van der Waals surface area contributed by atoms with Crippen molar-refractivity contribution in [2.24, 2.45) is 11.1 Å². The number of methoxy groups -OCH3 is 1. The van der Waals surface area contributed by atoms with Crippen LogP contribution in [-0.2, 0) is 11.3 Å². The minimum absolute atomic E-state index is 0. The standard InChI is InChI=1S/C25H32ClN3O2.ClH/c1-31-20-8-6-19(7-9-20)18-29-17-13-25(24(29)30)11-15-28(16-12-25)14-10-23(27)21-4-2-3-5-22(21)26;/h2-9,23H,10-18,27H2,1H3;1H. The summed E-state index contributed by atoms with van der Waals surface area (Å²) in [5.41, 5.74) is 8.37. The Bertz CT molecular complexity index is 898. The van der Waals surface area contributed by atoms with Crippen LogP contribution in [0.5, 0.6) is 5.75 Å². The summed E-state index contributed by atoms with van der Waals surface area (Å²) in [5, 5.41) is 0.737. The molecule has 2 aromatic carbocycles. The van der Waals surface area contributed by atoms with Gasteiger partial charge < -0.3 is 20.3 Å². The Morgan fingerprint density at radius 2 is 1.72 bits per heavy atom. The summed E-state index contributed by atoms with van der Waals surface area (Å²) in [6.45, 7) is 4.38. The first-order chi connectivity index (χ1) is 15.0. The fourth-order valence-electron chi connectivity index (χ4n) is 4.92. The summed E-state index contributed by atoms with van der Waals surface area (Å²) in [7, 11) is 1.67. The van der Waals surface area contributed by atoms with E-state index in [9.17, 15) is 4.79 Å². The highest BCUT2D eigenvalue weighted by molar-refractivity contribution is 6.31. The number of ether oxygens (including phenoxy) is 1. The van der Waals surface area contributed by atoms with E-state index in [4.69, 9.17) is 22.1 Å². The third-order valence-electron chi connectivity index (χ3n) is 7.01. The quantitative estimate of drug-likeness (QED) is 0.628. The number of benzene rings is 2. The lowest BCUT2D eigenvalue weighted by Gasteiger charge is -2.38. The van der Waals surface area contributed by atoms with Crippen molar-refractivity contribution in [3.05, 3.63) is 64.7 Å². The first-order valence-corrected chi connectivity index (χ1v) is 11.5. The van der Waals surface area contributed by atoms with Gasteiger partial charge in [-0.3, -0.25) is 4.79 Å². The van der Waals surface area contributed by atoms with Crippen molar-refractivity contribution in [2.45, 2.75) is 38.3 Å². The Morgan fingerprint density at radius 3 is 2.38 bits per heavy atom. The van der Waals surface area contributed by atoms with E-state index in [1.54, 1.807) is 7.11 Å². The van der Waals surface area contributed by atoms with Gasteiger partial charge in [0.1, 0.15) is 5.75 Å². The van der Waals surface area contributed by atoms with Gasteiger partial charge in [-0.05, 0) is 74.6 Å². The second-order valence-corrected chi connectivity index (χ2v) is 9.27. The van der Waals surface area contributed by atoms with E-state index < -0.39 is 0 Å². The Hall–Kier alpha value is -1.79. The number of halogens is 2. The third kappa shape index (κ3) is 5.40. The van der Waals surface area contributed by atoms with Crippen LogP contribution >= 0.6 is 24.0 Å². The Labute approximate surface area is 202 Å². The minimum Gasteiger partial charge on any atom is -0.497 e. The third-order valence-corrected chi connectivity index (χ3v) is 7.35. The van der Waals surface area contributed by atoms with Crippen LogP contribution in [0.25, 0.3) is 0 Å². The summed E-state index contributed by atoms with van der Waals surface area (Å²) in [6.07, 6.45) is 3.71. The Balaban J connectivity index is 0.00000289. The molecule has 0 saturated carbocycles. The molecular weight excluding hydrogens is 445 g/mol. The van der Waals surface area contributed by atoms with Crippen molar-refractivity contribution in [1.82, 2.24) is 9.80 Å². The molecule has 2 saturated heterocycles. The molecule has 32 heavy (non-hydrogen) atoms. The normalized spacial score (nSPS) is 19.1. The molecule has 0 bridgehead atoms. The molecular formula is C25H33Cl2N3O2. The first kappa shape index (κ1) is 24.8. The SMILES string of the molecule is COc1ccc(CN2CCC3(CCN(CCC(N)c4ccccc4Cl)CC3)C2=O)cc1.Cl. The topological polar surface area (TPSA) is 58.8 Å². The van der Waals surface area contributed by atoms with E-state index in [0.29, 0.717) is 12.5 Å². The van der Waals surface area contributed by atoms with Gasteiger partial charge in [0, 0.05) is 24.2 Å². The molecule has 2 aliphatic rings. The average molecular weight is 478 g/mol. The number of carbonyl (C=O) groups excluding carboxylic acids is 1. The largest absolute Gasteiger partial charge is 0.497 e. The fourth-order valence-corrected chi connectivity index (χ4v) is 5.19. The molecule has 1 amide bonds. The van der Waals surface area contributed by atoms with Gasteiger partial charge in [0.2, 0.25) is 5.91 Å². The van der Waals surface area contributed by atoms with E-state index >= 15 is 0 Å². The minimum atomic E-state index is -0.173. The van der Waals surface area contributed by atoms with Crippen molar-refractivity contribution >= 4 is 29.9 Å². The zero-order chi connectivity index (χ0) is 21.8. The number of likely N-dealkylation sites (tertiary alicyclic amines) is 2. The van der Waals surface area contributed by atoms with Gasteiger partial charge in [-0.2, -0.15) is 0 Å². The van der Waals surface area contributed by atoms with Gasteiger partial charge in [0.25, 0.3) is 0 Å². The van der Waals surface area contributed by atoms with Crippen LogP contribution in [0, 0.1) is 5.41 Å². The van der Waals surface area contributed by atoms with Crippen LogP contribution in [0.15, 0.2) is 48.5 Å². The summed E-state index contributed by atoms with van der Waals surface area (Å²) < 4.78 is 5.23. The highest BCUT2D eigenvalue weighted by Gasteiger charge is 2.47. The molecule has 4 rings (SSSR count). The van der Waals surface area contributed by atoms with Crippen LogP contribution in [0.1, 0.15) is 42.9 Å².